The Hall–Kier alpha value is -3.65. The Kier molecular flexibility index (Phi) is 14.8. The average Bonchev–Trinajstić information content (AvgIpc) is 3.00. The zero-order chi connectivity index (χ0) is 32.3. The number of pyridine rings is 1. The number of methoxy groups -OCH3 is 2. The number of aryl methyl sites for hydroxylation is 4. The summed E-state index contributed by atoms with van der Waals surface area (Å²) in [4.78, 5) is 4.17. The molecule has 0 bridgehead atoms. The van der Waals surface area contributed by atoms with Gasteiger partial charge in [0, 0.05) is 33.4 Å². The number of phenolic OH excluding ortho intramolecular Hbond substituents is 1. The van der Waals surface area contributed by atoms with Crippen LogP contribution in [0.1, 0.15) is 48.8 Å². The molecule has 1 heterocycles. The molecule has 0 saturated carbocycles. The fourth-order valence-corrected chi connectivity index (χ4v) is 8.27. The van der Waals surface area contributed by atoms with E-state index < -0.39 is 7.92 Å². The Labute approximate surface area is 281 Å². The topological polar surface area (TPSA) is 51.6 Å². The van der Waals surface area contributed by atoms with Crippen LogP contribution in [-0.4, -0.2) is 24.3 Å². The van der Waals surface area contributed by atoms with E-state index in [9.17, 15) is 5.11 Å². The van der Waals surface area contributed by atoms with Gasteiger partial charge in [-0.05, 0) is 74.6 Å². The molecule has 5 rings (SSSR count). The van der Waals surface area contributed by atoms with Gasteiger partial charge >= 0.3 is 0 Å². The van der Waals surface area contributed by atoms with Crippen molar-refractivity contribution in [2.45, 2.75) is 53.9 Å². The fraction of sp³-hybridized carbons (Fsp3) is 0.256. The number of aromatic hydroxyl groups is 1. The first-order valence-corrected chi connectivity index (χ1v) is 16.3. The number of hydrogen-bond acceptors (Lipinski definition) is 4. The first-order valence-electron chi connectivity index (χ1n) is 14.8. The number of para-hydroxylation sites is 1. The molecule has 240 valence electrons. The zero-order valence-electron chi connectivity index (χ0n) is 27.8. The second-order valence-corrected chi connectivity index (χ2v) is 13.9. The van der Waals surface area contributed by atoms with Crippen molar-refractivity contribution >= 4 is 23.8 Å². The second kappa shape index (κ2) is 17.7. The largest absolute Gasteiger partial charge is 0.504 e. The SMILES string of the molecule is COc1cccc(C)c1[PH+](c1cccc(C(C)(C)C)c1O)c1c(C)cccc1OC.Cc1cccc(C)n1.[Ni].[c-]1ccccc1. The maximum absolute atomic E-state index is 11.5. The van der Waals surface area contributed by atoms with E-state index >= 15 is 0 Å². The van der Waals surface area contributed by atoms with Crippen LogP contribution in [0.5, 0.6) is 17.2 Å². The number of phenols is 1. The summed E-state index contributed by atoms with van der Waals surface area (Å²) in [6.45, 7) is 14.6. The summed E-state index contributed by atoms with van der Waals surface area (Å²) >= 11 is 0. The minimum atomic E-state index is -1.63. The molecule has 1 N–H and O–H groups in total. The van der Waals surface area contributed by atoms with Gasteiger partial charge in [0.05, 0.1) is 14.2 Å². The average molecular weight is 666 g/mol. The van der Waals surface area contributed by atoms with Gasteiger partial charge in [0.2, 0.25) is 0 Å². The van der Waals surface area contributed by atoms with Crippen LogP contribution in [0, 0.1) is 33.8 Å². The summed E-state index contributed by atoms with van der Waals surface area (Å²) in [6, 6.07) is 36.9. The summed E-state index contributed by atoms with van der Waals surface area (Å²) < 4.78 is 11.6. The van der Waals surface area contributed by atoms with Crippen molar-refractivity contribution in [3.8, 4) is 17.2 Å². The van der Waals surface area contributed by atoms with E-state index in [1.54, 1.807) is 14.2 Å². The van der Waals surface area contributed by atoms with Crippen LogP contribution in [0.2, 0.25) is 0 Å². The molecular weight excluding hydrogens is 620 g/mol. The predicted molar refractivity (Wildman–Crippen MR) is 188 cm³/mol. The summed E-state index contributed by atoms with van der Waals surface area (Å²) in [7, 11) is 1.78. The molecule has 0 atom stereocenters. The molecule has 0 spiro atoms. The standard InChI is InChI=1S/C26H31O3P.C7H9N.C6H5.Ni/c1-17-11-8-14-20(28-6)24(17)30(25-18(2)12-9-15-21(25)29-7)22-16-10-13-19(23(22)27)26(3,4)5;1-6-4-3-5-7(2)8-6;1-2-4-6-5-3-1;/h8-16,27H,1-7H3;3-5H,1-2H3;1-5H;/q;;-1;/p+1. The van der Waals surface area contributed by atoms with E-state index in [0.29, 0.717) is 5.75 Å². The molecule has 0 unspecified atom stereocenters. The molecule has 0 fully saturated rings. The van der Waals surface area contributed by atoms with E-state index in [1.807, 2.05) is 92.7 Å². The Bertz CT molecular complexity index is 1540. The Morgan fingerprint density at radius 3 is 1.47 bits per heavy atom. The third-order valence-electron chi connectivity index (χ3n) is 7.16. The summed E-state index contributed by atoms with van der Waals surface area (Å²) in [6.07, 6.45) is 0. The van der Waals surface area contributed by atoms with Crippen molar-refractivity contribution in [2.75, 3.05) is 14.2 Å². The summed E-state index contributed by atoms with van der Waals surface area (Å²) in [5.74, 6) is 2.05. The smallest absolute Gasteiger partial charge is 0.162 e. The molecule has 0 aliphatic carbocycles. The van der Waals surface area contributed by atoms with Gasteiger partial charge < -0.3 is 14.6 Å². The van der Waals surface area contributed by atoms with Crippen molar-refractivity contribution in [1.29, 1.82) is 0 Å². The second-order valence-electron chi connectivity index (χ2n) is 11.6. The number of nitrogens with zero attached hydrogens (tertiary/aromatic N) is 1. The van der Waals surface area contributed by atoms with Gasteiger partial charge in [-0.15, -0.1) is 0 Å². The molecule has 4 nitrogen and oxygen atoms in total. The third kappa shape index (κ3) is 10.2. The van der Waals surface area contributed by atoms with Crippen LogP contribution < -0.4 is 25.4 Å². The monoisotopic (exact) mass is 665 g/mol. The van der Waals surface area contributed by atoms with E-state index in [0.717, 1.165) is 55.5 Å². The van der Waals surface area contributed by atoms with Crippen LogP contribution in [0.3, 0.4) is 0 Å². The normalized spacial score (nSPS) is 10.4. The van der Waals surface area contributed by atoms with E-state index in [2.05, 4.69) is 69.9 Å². The van der Waals surface area contributed by atoms with Gasteiger partial charge in [-0.1, -0.05) is 63.2 Å². The maximum atomic E-state index is 11.5. The quantitative estimate of drug-likeness (QED) is 0.117. The maximum Gasteiger partial charge on any atom is 0.162 e. The molecule has 6 heteroatoms. The van der Waals surface area contributed by atoms with Gasteiger partial charge in [-0.3, -0.25) is 4.98 Å². The fourth-order valence-electron chi connectivity index (χ4n) is 5.03. The molecule has 45 heavy (non-hydrogen) atoms. The number of aromatic nitrogens is 1. The van der Waals surface area contributed by atoms with E-state index in [1.165, 1.54) is 0 Å². The van der Waals surface area contributed by atoms with E-state index in [-0.39, 0.29) is 21.9 Å². The van der Waals surface area contributed by atoms with Crippen LogP contribution in [0.25, 0.3) is 0 Å². The van der Waals surface area contributed by atoms with Gasteiger partial charge in [0.15, 0.2) is 17.2 Å². The van der Waals surface area contributed by atoms with Crippen molar-refractivity contribution in [2.24, 2.45) is 0 Å². The van der Waals surface area contributed by atoms with Crippen LogP contribution in [0.15, 0.2) is 103 Å². The molecule has 0 aliphatic heterocycles. The van der Waals surface area contributed by atoms with Crippen LogP contribution >= 0.6 is 7.92 Å². The third-order valence-corrected chi connectivity index (χ3v) is 10.4. The molecule has 1 aromatic heterocycles. The number of benzene rings is 4. The molecule has 0 saturated heterocycles. The number of rotatable bonds is 5. The predicted octanol–water partition coefficient (Wildman–Crippen LogP) is 8.00. The molecular formula is C39H46NNiO3P. The molecule has 5 aromatic rings. The summed E-state index contributed by atoms with van der Waals surface area (Å²) in [5.41, 5.74) is 5.25. The van der Waals surface area contributed by atoms with Crippen LogP contribution in [0.4, 0.5) is 0 Å². The number of ether oxygens (including phenoxy) is 2. The molecule has 0 radical (unpaired) electrons. The van der Waals surface area contributed by atoms with E-state index in [4.69, 9.17) is 9.47 Å². The van der Waals surface area contributed by atoms with Gasteiger partial charge in [-0.2, -0.15) is 36.4 Å². The minimum Gasteiger partial charge on any atom is -0.504 e. The molecule has 0 amide bonds. The molecule has 4 aromatic carbocycles. The van der Waals surface area contributed by atoms with Gasteiger partial charge in [-0.25, -0.2) is 0 Å². The minimum absolute atomic E-state index is 0. The van der Waals surface area contributed by atoms with Crippen molar-refractivity contribution in [3.05, 3.63) is 137 Å². The Morgan fingerprint density at radius 2 is 1.11 bits per heavy atom. The van der Waals surface area contributed by atoms with Crippen molar-refractivity contribution in [3.63, 3.8) is 0 Å². The number of hydrogen-bond donors (Lipinski definition) is 1. The first-order chi connectivity index (χ1) is 21.0. The van der Waals surface area contributed by atoms with Crippen molar-refractivity contribution in [1.82, 2.24) is 4.98 Å². The van der Waals surface area contributed by atoms with Crippen LogP contribution in [-0.2, 0) is 21.9 Å². The molecule has 0 aliphatic rings. The zero-order valence-corrected chi connectivity index (χ0v) is 29.8. The Morgan fingerprint density at radius 1 is 0.644 bits per heavy atom. The van der Waals surface area contributed by atoms with Gasteiger partial charge in [0.1, 0.15) is 23.8 Å². The van der Waals surface area contributed by atoms with Crippen molar-refractivity contribution < 1.29 is 31.1 Å². The van der Waals surface area contributed by atoms with Gasteiger partial charge in [0.25, 0.3) is 0 Å². The first kappa shape index (κ1) is 37.5. The Balaban J connectivity index is 0.000000384. The summed E-state index contributed by atoms with van der Waals surface area (Å²) in [5, 5.41) is 14.7.